The molecule has 0 spiro atoms. The predicted octanol–water partition coefficient (Wildman–Crippen LogP) is 6.05. The summed E-state index contributed by atoms with van der Waals surface area (Å²) in [6.07, 6.45) is 1.27. The van der Waals surface area contributed by atoms with Crippen molar-refractivity contribution in [1.82, 2.24) is 0 Å². The molecule has 0 aliphatic carbocycles. The van der Waals surface area contributed by atoms with Crippen LogP contribution in [-0.2, 0) is 16.4 Å². The lowest BCUT2D eigenvalue weighted by Gasteiger charge is -2.09. The fraction of sp³-hybridized carbons (Fsp3) is 0.0455. The van der Waals surface area contributed by atoms with Crippen LogP contribution in [0.5, 0.6) is 5.75 Å². The largest absolute Gasteiger partial charge is 0.489 e. The Morgan fingerprint density at radius 3 is 2.30 bits per heavy atom. The molecule has 0 aliphatic heterocycles. The lowest BCUT2D eigenvalue weighted by molar-refractivity contribution is 0.300. The number of benzene rings is 3. The van der Waals surface area contributed by atoms with Crippen molar-refractivity contribution >= 4 is 39.1 Å². The molecule has 8 heteroatoms. The number of hydrogen-bond donors (Lipinski definition) is 0. The Kier molecular flexibility index (Phi) is 6.78. The number of nitriles is 1. The number of hydrogen-bond acceptors (Lipinski definition) is 4. The van der Waals surface area contributed by atoms with Crippen molar-refractivity contribution in [2.75, 3.05) is 0 Å². The average molecular weight is 462 g/mol. The molecule has 152 valence electrons. The van der Waals surface area contributed by atoms with Gasteiger partial charge in [0.2, 0.25) is 9.84 Å². The van der Waals surface area contributed by atoms with Crippen LogP contribution in [0.15, 0.2) is 76.5 Å². The molecule has 0 unspecified atom stereocenters. The summed E-state index contributed by atoms with van der Waals surface area (Å²) in [4.78, 5) is -0.432. The Hall–Kier alpha value is -2.85. The van der Waals surface area contributed by atoms with E-state index < -0.39 is 20.6 Å². The molecule has 0 atom stereocenters. The summed E-state index contributed by atoms with van der Waals surface area (Å²) in [6.45, 7) is -0.0604. The van der Waals surface area contributed by atoms with Gasteiger partial charge in [0.15, 0.2) is 0 Å². The van der Waals surface area contributed by atoms with Crippen molar-refractivity contribution < 1.29 is 17.5 Å². The fourth-order valence-corrected chi connectivity index (χ4v) is 4.05. The molecule has 0 amide bonds. The molecular weight excluding hydrogens is 448 g/mol. The van der Waals surface area contributed by atoms with Crippen molar-refractivity contribution in [3.8, 4) is 11.8 Å². The van der Waals surface area contributed by atoms with Gasteiger partial charge in [-0.3, -0.25) is 0 Å². The highest BCUT2D eigenvalue weighted by Gasteiger charge is 2.20. The molecule has 0 radical (unpaired) electrons. The first-order valence-electron chi connectivity index (χ1n) is 8.59. The monoisotopic (exact) mass is 461 g/mol. The minimum absolute atomic E-state index is 0.0265. The van der Waals surface area contributed by atoms with E-state index in [4.69, 9.17) is 27.9 Å². The van der Waals surface area contributed by atoms with Gasteiger partial charge in [0.1, 0.15) is 29.1 Å². The number of ether oxygens (including phenoxy) is 1. The maximum Gasteiger partial charge on any atom is 0.216 e. The zero-order valence-corrected chi connectivity index (χ0v) is 17.7. The van der Waals surface area contributed by atoms with Gasteiger partial charge < -0.3 is 4.74 Å². The van der Waals surface area contributed by atoms with E-state index in [1.807, 2.05) is 0 Å². The highest BCUT2D eigenvalue weighted by molar-refractivity contribution is 7.95. The summed E-state index contributed by atoms with van der Waals surface area (Å²) in [5, 5.41) is 10.0. The van der Waals surface area contributed by atoms with E-state index in [2.05, 4.69) is 0 Å². The highest BCUT2D eigenvalue weighted by atomic mass is 35.5. The molecule has 0 bridgehead atoms. The van der Waals surface area contributed by atoms with Crippen LogP contribution in [0.25, 0.3) is 6.08 Å². The third kappa shape index (κ3) is 5.00. The maximum atomic E-state index is 13.8. The van der Waals surface area contributed by atoms with Crippen molar-refractivity contribution in [3.05, 3.63) is 98.6 Å². The van der Waals surface area contributed by atoms with Gasteiger partial charge >= 0.3 is 0 Å². The van der Waals surface area contributed by atoms with Gasteiger partial charge in [0.05, 0.1) is 9.92 Å². The Morgan fingerprint density at radius 2 is 1.70 bits per heavy atom. The molecule has 0 saturated carbocycles. The van der Waals surface area contributed by atoms with E-state index in [1.165, 1.54) is 42.5 Å². The van der Waals surface area contributed by atoms with E-state index in [9.17, 15) is 18.1 Å². The molecule has 30 heavy (non-hydrogen) atoms. The summed E-state index contributed by atoms with van der Waals surface area (Å²) in [7, 11) is -3.98. The molecule has 0 saturated heterocycles. The van der Waals surface area contributed by atoms with Crippen LogP contribution in [0.2, 0.25) is 10.0 Å². The van der Waals surface area contributed by atoms with E-state index >= 15 is 0 Å². The number of rotatable bonds is 6. The van der Waals surface area contributed by atoms with Crippen LogP contribution in [0.4, 0.5) is 4.39 Å². The molecule has 0 fully saturated rings. The first kappa shape index (κ1) is 21.8. The van der Waals surface area contributed by atoms with Gasteiger partial charge in [-0.15, -0.1) is 0 Å². The van der Waals surface area contributed by atoms with Crippen LogP contribution < -0.4 is 4.74 Å². The summed E-state index contributed by atoms with van der Waals surface area (Å²) < 4.78 is 44.7. The second-order valence-electron chi connectivity index (χ2n) is 6.14. The number of halogens is 3. The van der Waals surface area contributed by atoms with Gasteiger partial charge in [-0.25, -0.2) is 12.8 Å². The standard InChI is InChI=1S/C22H14Cl2FNO3S/c23-16-6-10-18(11-7-16)30(27,28)19(13-26)12-15-4-8-17(9-5-15)29-14-20-21(24)2-1-3-22(20)25/h1-12H,14H2. The summed E-state index contributed by atoms with van der Waals surface area (Å²) >= 11 is 11.8. The van der Waals surface area contributed by atoms with Crippen LogP contribution in [0.1, 0.15) is 11.1 Å². The second-order valence-corrected chi connectivity index (χ2v) is 8.90. The third-order valence-corrected chi connectivity index (χ3v) is 6.43. The van der Waals surface area contributed by atoms with Crippen LogP contribution in [-0.4, -0.2) is 8.42 Å². The van der Waals surface area contributed by atoms with E-state index in [-0.39, 0.29) is 22.1 Å². The Bertz CT molecular complexity index is 1210. The zero-order valence-electron chi connectivity index (χ0n) is 15.3. The van der Waals surface area contributed by atoms with Crippen molar-refractivity contribution in [2.45, 2.75) is 11.5 Å². The number of sulfone groups is 1. The first-order valence-corrected chi connectivity index (χ1v) is 10.8. The second kappa shape index (κ2) is 9.31. The SMILES string of the molecule is N#CC(=Cc1ccc(OCc2c(F)cccc2Cl)cc1)S(=O)(=O)c1ccc(Cl)cc1. The van der Waals surface area contributed by atoms with Crippen molar-refractivity contribution in [2.24, 2.45) is 0 Å². The number of allylic oxidation sites excluding steroid dienone is 1. The minimum atomic E-state index is -3.98. The van der Waals surface area contributed by atoms with Gasteiger partial charge in [0, 0.05) is 10.6 Å². The molecule has 4 nitrogen and oxygen atoms in total. The highest BCUT2D eigenvalue weighted by Crippen LogP contribution is 2.25. The zero-order chi connectivity index (χ0) is 21.7. The van der Waals surface area contributed by atoms with Gasteiger partial charge in [-0.1, -0.05) is 41.4 Å². The first-order chi connectivity index (χ1) is 14.3. The lowest BCUT2D eigenvalue weighted by atomic mass is 10.2. The summed E-state index contributed by atoms with van der Waals surface area (Å²) in [5.41, 5.74) is 0.726. The molecular formula is C22H14Cl2FNO3S. The predicted molar refractivity (Wildman–Crippen MR) is 114 cm³/mol. The van der Waals surface area contributed by atoms with Crippen LogP contribution >= 0.6 is 23.2 Å². The van der Waals surface area contributed by atoms with Crippen LogP contribution in [0, 0.1) is 17.1 Å². The summed E-state index contributed by atoms with van der Waals surface area (Å²) in [5.74, 6) is -0.0290. The molecule has 0 aromatic heterocycles. The average Bonchev–Trinajstić information content (AvgIpc) is 2.73. The Labute approximate surface area is 183 Å². The lowest BCUT2D eigenvalue weighted by Crippen LogP contribution is -2.03. The quantitative estimate of drug-likeness (QED) is 0.419. The molecule has 3 aromatic rings. The fourth-order valence-electron chi connectivity index (χ4n) is 2.55. The molecule has 3 aromatic carbocycles. The Morgan fingerprint density at radius 1 is 1.03 bits per heavy atom. The minimum Gasteiger partial charge on any atom is -0.489 e. The topological polar surface area (TPSA) is 67.2 Å². The Balaban J connectivity index is 1.78. The maximum absolute atomic E-state index is 13.8. The van der Waals surface area contributed by atoms with E-state index in [1.54, 1.807) is 36.4 Å². The summed E-state index contributed by atoms with van der Waals surface area (Å²) in [6, 6.07) is 18.0. The van der Waals surface area contributed by atoms with Gasteiger partial charge in [-0.2, -0.15) is 5.26 Å². The molecule has 0 heterocycles. The van der Waals surface area contributed by atoms with Gasteiger partial charge in [-0.05, 0) is 60.2 Å². The van der Waals surface area contributed by atoms with Crippen LogP contribution in [0.3, 0.4) is 0 Å². The molecule has 0 aliphatic rings. The van der Waals surface area contributed by atoms with Crippen molar-refractivity contribution in [3.63, 3.8) is 0 Å². The number of nitrogens with zero attached hydrogens (tertiary/aromatic N) is 1. The molecule has 0 N–H and O–H groups in total. The van der Waals surface area contributed by atoms with Gasteiger partial charge in [0.25, 0.3) is 0 Å². The smallest absolute Gasteiger partial charge is 0.216 e. The van der Waals surface area contributed by atoms with E-state index in [0.29, 0.717) is 16.3 Å². The van der Waals surface area contributed by atoms with Crippen molar-refractivity contribution in [1.29, 1.82) is 5.26 Å². The van der Waals surface area contributed by atoms with E-state index in [0.717, 1.165) is 0 Å². The molecule has 3 rings (SSSR count). The third-order valence-electron chi connectivity index (χ3n) is 4.15. The normalized spacial score (nSPS) is 11.7.